The summed E-state index contributed by atoms with van der Waals surface area (Å²) in [6.07, 6.45) is 4.76. The minimum Gasteiger partial charge on any atom is -0.466 e. The van der Waals surface area contributed by atoms with Crippen LogP contribution in [0.2, 0.25) is 0 Å². The molecule has 0 bridgehead atoms. The summed E-state index contributed by atoms with van der Waals surface area (Å²) in [4.78, 5) is 11.5. The number of ether oxygens (including phenoxy) is 1. The molecule has 2 nitrogen and oxygen atoms in total. The Morgan fingerprint density at radius 3 is 2.56 bits per heavy atom. The van der Waals surface area contributed by atoms with Crippen molar-refractivity contribution in [3.63, 3.8) is 0 Å². The monoisotopic (exact) mass is 218 g/mol. The van der Waals surface area contributed by atoms with Crippen LogP contribution in [0.1, 0.15) is 31.7 Å². The molecule has 0 heterocycles. The maximum absolute atomic E-state index is 11.5. The highest BCUT2D eigenvalue weighted by Gasteiger charge is 2.08. The van der Waals surface area contributed by atoms with Gasteiger partial charge in [0.2, 0.25) is 0 Å². The van der Waals surface area contributed by atoms with Gasteiger partial charge >= 0.3 is 5.97 Å². The van der Waals surface area contributed by atoms with Gasteiger partial charge < -0.3 is 4.74 Å². The summed E-state index contributed by atoms with van der Waals surface area (Å²) in [5.74, 6) is -0.225. The summed E-state index contributed by atoms with van der Waals surface area (Å²) in [5.41, 5.74) is 1.79. The summed E-state index contributed by atoms with van der Waals surface area (Å²) in [6.45, 7) is 2.11. The number of esters is 1. The Morgan fingerprint density at radius 2 is 2.00 bits per heavy atom. The number of hydrogen-bond donors (Lipinski definition) is 0. The van der Waals surface area contributed by atoms with Crippen molar-refractivity contribution in [3.8, 4) is 0 Å². The van der Waals surface area contributed by atoms with Crippen LogP contribution in [-0.4, -0.2) is 13.1 Å². The number of unbranched alkanes of at least 4 members (excludes halogenated alkanes) is 1. The second kappa shape index (κ2) is 6.83. The summed E-state index contributed by atoms with van der Waals surface area (Å²) in [6, 6.07) is 9.84. The van der Waals surface area contributed by atoms with Crippen LogP contribution >= 0.6 is 0 Å². The third-order valence-electron chi connectivity index (χ3n) is 2.39. The van der Waals surface area contributed by atoms with Crippen molar-refractivity contribution in [2.24, 2.45) is 0 Å². The molecule has 0 aliphatic carbocycles. The molecule has 0 aliphatic rings. The highest BCUT2D eigenvalue weighted by atomic mass is 16.5. The van der Waals surface area contributed by atoms with E-state index < -0.39 is 0 Å². The van der Waals surface area contributed by atoms with E-state index in [0.29, 0.717) is 0 Å². The number of methoxy groups -OCH3 is 1. The van der Waals surface area contributed by atoms with Gasteiger partial charge in [-0.1, -0.05) is 43.7 Å². The van der Waals surface area contributed by atoms with Gasteiger partial charge in [0.05, 0.1) is 7.11 Å². The minimum absolute atomic E-state index is 0.225. The second-order valence-corrected chi connectivity index (χ2v) is 3.68. The third kappa shape index (κ3) is 3.89. The van der Waals surface area contributed by atoms with Crippen molar-refractivity contribution < 1.29 is 9.53 Å². The topological polar surface area (TPSA) is 26.3 Å². The summed E-state index contributed by atoms with van der Waals surface area (Å²) in [5, 5.41) is 0. The molecule has 0 amide bonds. The average molecular weight is 218 g/mol. The first-order valence-corrected chi connectivity index (χ1v) is 5.62. The third-order valence-corrected chi connectivity index (χ3v) is 2.39. The largest absolute Gasteiger partial charge is 0.466 e. The van der Waals surface area contributed by atoms with E-state index in [9.17, 15) is 4.79 Å². The standard InChI is InChI=1S/C14H18O2/c1-3-4-10-13(14(15)16-2)11-12-8-6-5-7-9-12/h5-9,11H,3-4,10H2,1-2H3/b13-11-. The van der Waals surface area contributed by atoms with Gasteiger partial charge in [0, 0.05) is 5.57 Å². The van der Waals surface area contributed by atoms with E-state index in [1.807, 2.05) is 36.4 Å². The molecule has 0 fully saturated rings. The van der Waals surface area contributed by atoms with Crippen LogP contribution < -0.4 is 0 Å². The molecule has 86 valence electrons. The zero-order valence-corrected chi connectivity index (χ0v) is 9.90. The van der Waals surface area contributed by atoms with E-state index in [2.05, 4.69) is 6.92 Å². The summed E-state index contributed by atoms with van der Waals surface area (Å²) in [7, 11) is 1.42. The number of rotatable bonds is 5. The molecule has 0 N–H and O–H groups in total. The van der Waals surface area contributed by atoms with E-state index in [-0.39, 0.29) is 5.97 Å². The Bertz CT molecular complexity index is 352. The SMILES string of the molecule is CCCC/C(=C/c1ccccc1)C(=O)OC. The van der Waals surface area contributed by atoms with Crippen LogP contribution in [0.4, 0.5) is 0 Å². The molecule has 0 unspecified atom stereocenters. The molecule has 1 rings (SSSR count). The first kappa shape index (κ1) is 12.5. The second-order valence-electron chi connectivity index (χ2n) is 3.68. The molecule has 0 radical (unpaired) electrons. The zero-order chi connectivity index (χ0) is 11.8. The lowest BCUT2D eigenvalue weighted by Crippen LogP contribution is -2.04. The smallest absolute Gasteiger partial charge is 0.333 e. The van der Waals surface area contributed by atoms with Gasteiger partial charge in [0.1, 0.15) is 0 Å². The normalized spacial score (nSPS) is 11.2. The molecule has 1 aromatic carbocycles. The fourth-order valence-electron chi connectivity index (χ4n) is 1.48. The van der Waals surface area contributed by atoms with Crippen molar-refractivity contribution in [2.75, 3.05) is 7.11 Å². The molecule has 0 aromatic heterocycles. The highest BCUT2D eigenvalue weighted by molar-refractivity contribution is 5.93. The van der Waals surface area contributed by atoms with Crippen LogP contribution in [0.25, 0.3) is 6.08 Å². The molecular weight excluding hydrogens is 200 g/mol. The van der Waals surface area contributed by atoms with Gasteiger partial charge in [-0.25, -0.2) is 4.79 Å². The van der Waals surface area contributed by atoms with Crippen molar-refractivity contribution in [1.29, 1.82) is 0 Å². The fraction of sp³-hybridized carbons (Fsp3) is 0.357. The van der Waals surface area contributed by atoms with E-state index in [1.54, 1.807) is 0 Å². The number of carbonyl (C=O) groups excluding carboxylic acids is 1. The molecule has 0 atom stereocenters. The van der Waals surface area contributed by atoms with E-state index in [4.69, 9.17) is 4.74 Å². The van der Waals surface area contributed by atoms with Crippen molar-refractivity contribution in [2.45, 2.75) is 26.2 Å². The molecule has 2 heteroatoms. The zero-order valence-electron chi connectivity index (χ0n) is 9.90. The first-order chi connectivity index (χ1) is 7.77. The van der Waals surface area contributed by atoms with Crippen molar-refractivity contribution >= 4 is 12.0 Å². The Hall–Kier alpha value is -1.57. The number of carbonyl (C=O) groups is 1. The van der Waals surface area contributed by atoms with E-state index in [0.717, 1.165) is 30.4 Å². The van der Waals surface area contributed by atoms with Crippen LogP contribution in [-0.2, 0) is 9.53 Å². The summed E-state index contributed by atoms with van der Waals surface area (Å²) >= 11 is 0. The van der Waals surface area contributed by atoms with Gasteiger partial charge in [-0.3, -0.25) is 0 Å². The molecule has 1 aromatic rings. The average Bonchev–Trinajstić information content (AvgIpc) is 2.34. The maximum atomic E-state index is 11.5. The summed E-state index contributed by atoms with van der Waals surface area (Å²) < 4.78 is 4.77. The quantitative estimate of drug-likeness (QED) is 0.559. The van der Waals surface area contributed by atoms with Crippen molar-refractivity contribution in [3.05, 3.63) is 41.5 Å². The molecule has 0 saturated heterocycles. The predicted octanol–water partition coefficient (Wildman–Crippen LogP) is 3.43. The van der Waals surface area contributed by atoms with Gasteiger partial charge in [0.25, 0.3) is 0 Å². The van der Waals surface area contributed by atoms with Crippen LogP contribution in [0.15, 0.2) is 35.9 Å². The van der Waals surface area contributed by atoms with Gasteiger partial charge in [0.15, 0.2) is 0 Å². The van der Waals surface area contributed by atoms with Gasteiger partial charge in [-0.15, -0.1) is 0 Å². The predicted molar refractivity (Wildman–Crippen MR) is 66.0 cm³/mol. The van der Waals surface area contributed by atoms with E-state index in [1.165, 1.54) is 7.11 Å². The van der Waals surface area contributed by atoms with Gasteiger partial charge in [-0.2, -0.15) is 0 Å². The van der Waals surface area contributed by atoms with Crippen LogP contribution in [0.5, 0.6) is 0 Å². The Balaban J connectivity index is 2.83. The molecule has 0 saturated carbocycles. The Morgan fingerprint density at radius 1 is 1.31 bits per heavy atom. The Labute approximate surface area is 96.9 Å². The van der Waals surface area contributed by atoms with Crippen LogP contribution in [0, 0.1) is 0 Å². The lowest BCUT2D eigenvalue weighted by Gasteiger charge is -2.04. The van der Waals surface area contributed by atoms with Gasteiger partial charge in [-0.05, 0) is 24.5 Å². The highest BCUT2D eigenvalue weighted by Crippen LogP contribution is 2.14. The molecule has 16 heavy (non-hydrogen) atoms. The van der Waals surface area contributed by atoms with Crippen molar-refractivity contribution in [1.82, 2.24) is 0 Å². The lowest BCUT2D eigenvalue weighted by atomic mass is 10.1. The first-order valence-electron chi connectivity index (χ1n) is 5.62. The molecule has 0 aliphatic heterocycles. The Kier molecular flexibility index (Phi) is 5.34. The fourth-order valence-corrected chi connectivity index (χ4v) is 1.48. The molecular formula is C14H18O2. The number of hydrogen-bond acceptors (Lipinski definition) is 2. The minimum atomic E-state index is -0.225. The maximum Gasteiger partial charge on any atom is 0.333 e. The molecule has 0 spiro atoms. The van der Waals surface area contributed by atoms with Crippen LogP contribution in [0.3, 0.4) is 0 Å². The lowest BCUT2D eigenvalue weighted by molar-refractivity contribution is -0.136. The van der Waals surface area contributed by atoms with E-state index >= 15 is 0 Å². The number of benzene rings is 1.